The van der Waals surface area contributed by atoms with Crippen LogP contribution in [0.2, 0.25) is 0 Å². The summed E-state index contributed by atoms with van der Waals surface area (Å²) < 4.78 is 11.1. The zero-order valence-corrected chi connectivity index (χ0v) is 20.4. The Balaban J connectivity index is 0.00000320. The monoisotopic (exact) mass is 527 g/mol. The molecule has 30 heavy (non-hydrogen) atoms. The highest BCUT2D eigenvalue weighted by molar-refractivity contribution is 14.0. The number of ether oxygens (including phenoxy) is 1. The van der Waals surface area contributed by atoms with Gasteiger partial charge in [-0.3, -0.25) is 0 Å². The first-order chi connectivity index (χ1) is 14.3. The fourth-order valence-electron chi connectivity index (χ4n) is 2.93. The third-order valence-electron chi connectivity index (χ3n) is 4.69. The van der Waals surface area contributed by atoms with Crippen molar-refractivity contribution in [1.82, 2.24) is 20.8 Å². The zero-order chi connectivity index (χ0) is 20.3. The summed E-state index contributed by atoms with van der Waals surface area (Å²) >= 11 is 0. The second-order valence-corrected chi connectivity index (χ2v) is 7.46. The highest BCUT2D eigenvalue weighted by Crippen LogP contribution is 2.28. The van der Waals surface area contributed by atoms with Crippen molar-refractivity contribution in [2.75, 3.05) is 26.3 Å². The molecule has 1 aliphatic rings. The molecule has 0 radical (unpaired) electrons. The lowest BCUT2D eigenvalue weighted by atomic mass is 10.1. The molecule has 166 valence electrons. The lowest BCUT2D eigenvalue weighted by molar-refractivity contribution is 0.123. The molecule has 3 rings (SSSR count). The summed E-state index contributed by atoms with van der Waals surface area (Å²) in [5.41, 5.74) is 2.03. The fourth-order valence-corrected chi connectivity index (χ4v) is 2.93. The highest BCUT2D eigenvalue weighted by atomic mass is 127. The van der Waals surface area contributed by atoms with Crippen LogP contribution in [0.15, 0.2) is 33.8 Å². The number of halogens is 1. The van der Waals surface area contributed by atoms with Crippen LogP contribution < -0.4 is 10.6 Å². The smallest absolute Gasteiger partial charge is 0.257 e. The van der Waals surface area contributed by atoms with Gasteiger partial charge in [0, 0.05) is 38.3 Å². The normalized spacial score (nSPS) is 13.7. The molecule has 1 aromatic heterocycles. The van der Waals surface area contributed by atoms with E-state index in [4.69, 9.17) is 14.3 Å². The Morgan fingerprint density at radius 2 is 2.13 bits per heavy atom. The van der Waals surface area contributed by atoms with Crippen molar-refractivity contribution in [3.63, 3.8) is 0 Å². The Morgan fingerprint density at radius 1 is 1.27 bits per heavy atom. The summed E-state index contributed by atoms with van der Waals surface area (Å²) in [7, 11) is 0. The average Bonchev–Trinajstić information content (AvgIpc) is 3.45. The van der Waals surface area contributed by atoms with E-state index in [1.807, 2.05) is 12.1 Å². The van der Waals surface area contributed by atoms with E-state index in [1.54, 1.807) is 0 Å². The third kappa shape index (κ3) is 8.59. The largest absolute Gasteiger partial charge is 0.381 e. The minimum absolute atomic E-state index is 0. The van der Waals surface area contributed by atoms with Crippen LogP contribution in [0.5, 0.6) is 0 Å². The van der Waals surface area contributed by atoms with Gasteiger partial charge < -0.3 is 19.9 Å². The van der Waals surface area contributed by atoms with Gasteiger partial charge in [0.15, 0.2) is 11.8 Å². The topological polar surface area (TPSA) is 84.6 Å². The second-order valence-electron chi connectivity index (χ2n) is 7.46. The second kappa shape index (κ2) is 13.6. The maximum absolute atomic E-state index is 5.68. The molecular weight excluding hydrogens is 493 g/mol. The zero-order valence-electron chi connectivity index (χ0n) is 18.0. The minimum Gasteiger partial charge on any atom is -0.381 e. The first-order valence-electron chi connectivity index (χ1n) is 10.8. The predicted octanol–water partition coefficient (Wildman–Crippen LogP) is 4.18. The molecule has 8 heteroatoms. The number of nitrogens with zero attached hydrogens (tertiary/aromatic N) is 3. The van der Waals surface area contributed by atoms with Gasteiger partial charge in [-0.1, -0.05) is 24.2 Å². The third-order valence-corrected chi connectivity index (χ3v) is 4.69. The molecule has 1 heterocycles. The number of hydrogen-bond donors (Lipinski definition) is 2. The number of hydrogen-bond acceptors (Lipinski definition) is 5. The van der Waals surface area contributed by atoms with Crippen LogP contribution in [0.25, 0.3) is 11.5 Å². The van der Waals surface area contributed by atoms with E-state index < -0.39 is 0 Å². The number of nitrogens with one attached hydrogen (secondary N) is 2. The summed E-state index contributed by atoms with van der Waals surface area (Å²) in [5, 5.41) is 10.7. The van der Waals surface area contributed by atoms with Gasteiger partial charge in [0.1, 0.15) is 0 Å². The van der Waals surface area contributed by atoms with Crippen LogP contribution in [-0.2, 0) is 17.7 Å². The van der Waals surface area contributed by atoms with Crippen LogP contribution >= 0.6 is 24.0 Å². The molecule has 1 saturated carbocycles. The van der Waals surface area contributed by atoms with E-state index in [0.29, 0.717) is 12.4 Å². The summed E-state index contributed by atoms with van der Waals surface area (Å²) in [4.78, 5) is 9.16. The van der Waals surface area contributed by atoms with Gasteiger partial charge in [-0.2, -0.15) is 4.98 Å². The van der Waals surface area contributed by atoms with Crippen LogP contribution in [0.4, 0.5) is 0 Å². The maximum Gasteiger partial charge on any atom is 0.257 e. The molecule has 2 aromatic rings. The number of aliphatic imine (C=N–C) groups is 1. The van der Waals surface area contributed by atoms with E-state index in [0.717, 1.165) is 74.4 Å². The van der Waals surface area contributed by atoms with Crippen molar-refractivity contribution in [2.24, 2.45) is 10.9 Å². The molecule has 0 atom stereocenters. The SMILES string of the molecule is CCCc1noc(-c2cccc(CN=C(NCC)NCCCOCC3CC3)c2)n1.I. The molecule has 0 spiro atoms. The summed E-state index contributed by atoms with van der Waals surface area (Å²) in [6.07, 6.45) is 5.48. The quantitative estimate of drug-likeness (QED) is 0.187. The molecule has 2 N–H and O–H groups in total. The molecule has 1 aromatic carbocycles. The van der Waals surface area contributed by atoms with Gasteiger partial charge in [0.05, 0.1) is 6.54 Å². The summed E-state index contributed by atoms with van der Waals surface area (Å²) in [6, 6.07) is 8.11. The number of rotatable bonds is 12. The van der Waals surface area contributed by atoms with Gasteiger partial charge in [-0.25, -0.2) is 4.99 Å². The van der Waals surface area contributed by atoms with E-state index in [9.17, 15) is 0 Å². The van der Waals surface area contributed by atoms with E-state index in [1.165, 1.54) is 12.8 Å². The fraction of sp³-hybridized carbons (Fsp3) is 0.591. The Bertz CT molecular complexity index is 776. The van der Waals surface area contributed by atoms with Crippen molar-refractivity contribution in [3.05, 3.63) is 35.7 Å². The Labute approximate surface area is 196 Å². The average molecular weight is 527 g/mol. The van der Waals surface area contributed by atoms with E-state index >= 15 is 0 Å². The van der Waals surface area contributed by atoms with Crippen LogP contribution in [0.1, 0.15) is 50.9 Å². The lowest BCUT2D eigenvalue weighted by Crippen LogP contribution is -2.38. The molecule has 0 bridgehead atoms. The predicted molar refractivity (Wildman–Crippen MR) is 130 cm³/mol. The number of aryl methyl sites for hydroxylation is 1. The van der Waals surface area contributed by atoms with Gasteiger partial charge in [0.2, 0.25) is 0 Å². The first kappa shape index (κ1) is 24.6. The van der Waals surface area contributed by atoms with Crippen LogP contribution in [-0.4, -0.2) is 42.4 Å². The molecule has 7 nitrogen and oxygen atoms in total. The van der Waals surface area contributed by atoms with Gasteiger partial charge in [-0.15, -0.1) is 24.0 Å². The van der Waals surface area contributed by atoms with Gasteiger partial charge in [-0.05, 0) is 56.2 Å². The van der Waals surface area contributed by atoms with Crippen molar-refractivity contribution < 1.29 is 9.26 Å². The molecule has 1 fully saturated rings. The van der Waals surface area contributed by atoms with E-state index in [-0.39, 0.29) is 24.0 Å². The van der Waals surface area contributed by atoms with Crippen molar-refractivity contribution in [3.8, 4) is 11.5 Å². The molecule has 0 aliphatic heterocycles. The number of guanidine groups is 1. The Kier molecular flexibility index (Phi) is 11.1. The van der Waals surface area contributed by atoms with Crippen LogP contribution in [0, 0.1) is 5.92 Å². The Hall–Kier alpha value is -1.68. The van der Waals surface area contributed by atoms with Crippen LogP contribution in [0.3, 0.4) is 0 Å². The van der Waals surface area contributed by atoms with Crippen molar-refractivity contribution >= 4 is 29.9 Å². The lowest BCUT2D eigenvalue weighted by Gasteiger charge is -2.11. The standard InChI is InChI=1S/C22H33N5O2.HI/c1-3-7-20-26-21(29-27-20)19-9-5-8-18(14-19)15-25-22(23-4-2)24-12-6-13-28-16-17-10-11-17;/h5,8-9,14,17H,3-4,6-7,10-13,15-16H2,1-2H3,(H2,23,24,25);1H. The molecule has 1 aliphatic carbocycles. The summed E-state index contributed by atoms with van der Waals surface area (Å²) in [5.74, 6) is 2.97. The van der Waals surface area contributed by atoms with Crippen molar-refractivity contribution in [1.29, 1.82) is 0 Å². The number of benzene rings is 1. The first-order valence-corrected chi connectivity index (χ1v) is 10.8. The molecule has 0 amide bonds. The maximum atomic E-state index is 5.68. The minimum atomic E-state index is 0. The highest BCUT2D eigenvalue weighted by Gasteiger charge is 2.20. The van der Waals surface area contributed by atoms with Gasteiger partial charge in [0.25, 0.3) is 5.89 Å². The molecular formula is C22H34IN5O2. The van der Waals surface area contributed by atoms with E-state index in [2.05, 4.69) is 46.8 Å². The molecule has 0 unspecified atom stereocenters. The van der Waals surface area contributed by atoms with Gasteiger partial charge >= 0.3 is 0 Å². The summed E-state index contributed by atoms with van der Waals surface area (Å²) in [6.45, 7) is 8.15. The molecule has 0 saturated heterocycles. The number of aromatic nitrogens is 2. The Morgan fingerprint density at radius 3 is 2.90 bits per heavy atom. The van der Waals surface area contributed by atoms with Crippen molar-refractivity contribution in [2.45, 2.75) is 52.5 Å².